The van der Waals surface area contributed by atoms with Gasteiger partial charge in [-0.2, -0.15) is 0 Å². The van der Waals surface area contributed by atoms with Crippen LogP contribution in [0.4, 0.5) is 8.78 Å². The Morgan fingerprint density at radius 2 is 1.79 bits per heavy atom. The summed E-state index contributed by atoms with van der Waals surface area (Å²) in [6, 6.07) is 11.6. The van der Waals surface area contributed by atoms with Gasteiger partial charge < -0.3 is 0 Å². The van der Waals surface area contributed by atoms with E-state index in [9.17, 15) is 8.78 Å². The average molecular weight is 262 g/mol. The van der Waals surface area contributed by atoms with Gasteiger partial charge in [0.2, 0.25) is 6.43 Å². The molecule has 2 nitrogen and oxygen atoms in total. The lowest BCUT2D eigenvalue weighted by molar-refractivity contribution is 0.134. The number of aryl methyl sites for hydroxylation is 1. The van der Waals surface area contributed by atoms with Gasteiger partial charge >= 0.3 is 0 Å². The molecule has 0 N–H and O–H groups in total. The number of nitrogens with zero attached hydrogens (tertiary/aromatic N) is 2. The molecule has 1 aromatic carbocycles. The van der Waals surface area contributed by atoms with Crippen LogP contribution in [0.3, 0.4) is 0 Å². The second kappa shape index (κ2) is 6.92. The number of aromatic nitrogens is 2. The summed E-state index contributed by atoms with van der Waals surface area (Å²) in [5.41, 5.74) is 1.88. The van der Waals surface area contributed by atoms with E-state index in [0.717, 1.165) is 24.1 Å². The van der Waals surface area contributed by atoms with Crippen LogP contribution in [0.5, 0.6) is 0 Å². The molecule has 0 spiro atoms. The Balaban J connectivity index is 1.96. The Bertz CT molecular complexity index is 501. The molecule has 100 valence electrons. The summed E-state index contributed by atoms with van der Waals surface area (Å²) < 4.78 is 24.0. The molecule has 0 amide bonds. The molecule has 0 aliphatic heterocycles. The van der Waals surface area contributed by atoms with Crippen molar-refractivity contribution in [2.75, 3.05) is 0 Å². The largest absolute Gasteiger partial charge is 0.238 e. The van der Waals surface area contributed by atoms with Crippen LogP contribution in [-0.2, 0) is 6.42 Å². The molecule has 19 heavy (non-hydrogen) atoms. The minimum atomic E-state index is -2.20. The molecule has 0 bridgehead atoms. The summed E-state index contributed by atoms with van der Waals surface area (Å²) in [5.74, 6) is 0.687. The molecule has 1 aromatic heterocycles. The Hall–Kier alpha value is -1.84. The van der Waals surface area contributed by atoms with Gasteiger partial charge in [-0.1, -0.05) is 30.3 Å². The molecule has 0 fully saturated rings. The van der Waals surface area contributed by atoms with E-state index in [-0.39, 0.29) is 6.42 Å². The third-order valence-corrected chi connectivity index (χ3v) is 2.85. The molecule has 0 unspecified atom stereocenters. The fourth-order valence-corrected chi connectivity index (χ4v) is 1.87. The van der Waals surface area contributed by atoms with Gasteiger partial charge in [-0.3, -0.25) is 0 Å². The smallest absolute Gasteiger partial charge is 0.237 e. The molecule has 0 aliphatic carbocycles. The highest BCUT2D eigenvalue weighted by Gasteiger charge is 2.04. The normalized spacial score (nSPS) is 10.9. The predicted octanol–water partition coefficient (Wildman–Crippen LogP) is 4.12. The second-order valence-electron chi connectivity index (χ2n) is 4.37. The summed E-state index contributed by atoms with van der Waals surface area (Å²) in [7, 11) is 0. The van der Waals surface area contributed by atoms with E-state index in [1.807, 2.05) is 36.4 Å². The summed E-state index contributed by atoms with van der Waals surface area (Å²) in [5, 5.41) is 0. The van der Waals surface area contributed by atoms with Crippen molar-refractivity contribution in [1.29, 1.82) is 0 Å². The average Bonchev–Trinajstić information content (AvgIpc) is 2.45. The van der Waals surface area contributed by atoms with E-state index >= 15 is 0 Å². The highest BCUT2D eigenvalue weighted by Crippen LogP contribution is 2.15. The first-order chi connectivity index (χ1) is 9.25. The molecule has 0 radical (unpaired) electrons. The van der Waals surface area contributed by atoms with E-state index in [1.165, 1.54) is 0 Å². The van der Waals surface area contributed by atoms with Crippen molar-refractivity contribution in [3.05, 3.63) is 48.3 Å². The molecule has 0 saturated carbocycles. The molecule has 4 heteroatoms. The molecule has 0 aliphatic rings. The predicted molar refractivity (Wildman–Crippen MR) is 71.0 cm³/mol. The zero-order valence-corrected chi connectivity index (χ0v) is 10.6. The van der Waals surface area contributed by atoms with E-state index in [1.54, 1.807) is 6.20 Å². The number of benzene rings is 1. The summed E-state index contributed by atoms with van der Waals surface area (Å²) in [4.78, 5) is 8.70. The van der Waals surface area contributed by atoms with Gasteiger partial charge in [0.15, 0.2) is 5.82 Å². The van der Waals surface area contributed by atoms with Crippen molar-refractivity contribution in [1.82, 2.24) is 9.97 Å². The fraction of sp³-hybridized carbons (Fsp3) is 0.333. The zero-order chi connectivity index (χ0) is 13.5. The minimum absolute atomic E-state index is 0.0311. The van der Waals surface area contributed by atoms with Crippen LogP contribution in [0.25, 0.3) is 11.4 Å². The highest BCUT2D eigenvalue weighted by atomic mass is 19.3. The maximum absolute atomic E-state index is 12.0. The standard InChI is InChI=1S/C15H16F2N2/c16-14(17)9-5-4-8-13-10-11-18-15(19-13)12-6-2-1-3-7-12/h1-3,6-7,10-11,14H,4-5,8-9H2. The number of halogens is 2. The van der Waals surface area contributed by atoms with Gasteiger partial charge in [-0.05, 0) is 25.3 Å². The van der Waals surface area contributed by atoms with E-state index < -0.39 is 6.43 Å². The lowest BCUT2D eigenvalue weighted by Gasteiger charge is -2.04. The van der Waals surface area contributed by atoms with Gasteiger partial charge in [0.05, 0.1) is 0 Å². The molecule has 0 atom stereocenters. The Morgan fingerprint density at radius 1 is 1.00 bits per heavy atom. The highest BCUT2D eigenvalue weighted by molar-refractivity contribution is 5.54. The quantitative estimate of drug-likeness (QED) is 0.732. The van der Waals surface area contributed by atoms with Crippen molar-refractivity contribution in [2.24, 2.45) is 0 Å². The molecular weight excluding hydrogens is 246 g/mol. The van der Waals surface area contributed by atoms with Crippen LogP contribution in [-0.4, -0.2) is 16.4 Å². The first-order valence-corrected chi connectivity index (χ1v) is 6.41. The maximum atomic E-state index is 12.0. The maximum Gasteiger partial charge on any atom is 0.238 e. The number of unbranched alkanes of at least 4 members (excludes halogenated alkanes) is 1. The van der Waals surface area contributed by atoms with Gasteiger partial charge in [0, 0.05) is 23.9 Å². The van der Waals surface area contributed by atoms with Gasteiger partial charge in [0.1, 0.15) is 0 Å². The third-order valence-electron chi connectivity index (χ3n) is 2.85. The van der Waals surface area contributed by atoms with Crippen LogP contribution in [0.2, 0.25) is 0 Å². The molecule has 2 rings (SSSR count). The van der Waals surface area contributed by atoms with Crippen LogP contribution in [0.1, 0.15) is 25.0 Å². The van der Waals surface area contributed by atoms with Gasteiger partial charge in [0.25, 0.3) is 0 Å². The molecule has 1 heterocycles. The Kier molecular flexibility index (Phi) is 4.95. The van der Waals surface area contributed by atoms with Crippen molar-refractivity contribution in [2.45, 2.75) is 32.1 Å². The van der Waals surface area contributed by atoms with Crippen LogP contribution < -0.4 is 0 Å². The molecule has 2 aromatic rings. The lowest BCUT2D eigenvalue weighted by atomic mass is 10.1. The third kappa shape index (κ3) is 4.39. The lowest BCUT2D eigenvalue weighted by Crippen LogP contribution is -1.96. The number of hydrogen-bond acceptors (Lipinski definition) is 2. The molecular formula is C15H16F2N2. The van der Waals surface area contributed by atoms with Crippen molar-refractivity contribution >= 4 is 0 Å². The Labute approximate surface area is 111 Å². The van der Waals surface area contributed by atoms with Crippen molar-refractivity contribution < 1.29 is 8.78 Å². The van der Waals surface area contributed by atoms with Crippen molar-refractivity contribution in [3.63, 3.8) is 0 Å². The number of hydrogen-bond donors (Lipinski definition) is 0. The first-order valence-electron chi connectivity index (χ1n) is 6.41. The topological polar surface area (TPSA) is 25.8 Å². The fourth-order valence-electron chi connectivity index (χ4n) is 1.87. The van der Waals surface area contributed by atoms with Crippen LogP contribution in [0, 0.1) is 0 Å². The van der Waals surface area contributed by atoms with Gasteiger partial charge in [-0.25, -0.2) is 18.7 Å². The number of rotatable bonds is 6. The second-order valence-corrected chi connectivity index (χ2v) is 4.37. The number of alkyl halides is 2. The van der Waals surface area contributed by atoms with Crippen LogP contribution in [0.15, 0.2) is 42.6 Å². The summed E-state index contributed by atoms with van der Waals surface area (Å²) in [6.45, 7) is 0. The van der Waals surface area contributed by atoms with E-state index in [4.69, 9.17) is 0 Å². The zero-order valence-electron chi connectivity index (χ0n) is 10.6. The van der Waals surface area contributed by atoms with E-state index in [0.29, 0.717) is 12.2 Å². The first kappa shape index (κ1) is 13.6. The van der Waals surface area contributed by atoms with Crippen LogP contribution >= 0.6 is 0 Å². The summed E-state index contributed by atoms with van der Waals surface area (Å²) >= 11 is 0. The summed E-state index contributed by atoms with van der Waals surface area (Å²) in [6.07, 6.45) is 1.46. The Morgan fingerprint density at radius 3 is 2.53 bits per heavy atom. The van der Waals surface area contributed by atoms with Gasteiger partial charge in [-0.15, -0.1) is 0 Å². The minimum Gasteiger partial charge on any atom is -0.237 e. The molecule has 0 saturated heterocycles. The monoisotopic (exact) mass is 262 g/mol. The SMILES string of the molecule is FC(F)CCCCc1ccnc(-c2ccccc2)n1. The van der Waals surface area contributed by atoms with Crippen molar-refractivity contribution in [3.8, 4) is 11.4 Å². The van der Waals surface area contributed by atoms with E-state index in [2.05, 4.69) is 9.97 Å².